The first-order valence-electron chi connectivity index (χ1n) is 4.87. The predicted octanol–water partition coefficient (Wildman–Crippen LogP) is 0.380. The molecule has 1 aliphatic heterocycles. The summed E-state index contributed by atoms with van der Waals surface area (Å²) in [4.78, 5) is 4.69. The molecule has 0 aliphatic carbocycles. The van der Waals surface area contributed by atoms with E-state index in [1.54, 1.807) is 0 Å². The van der Waals surface area contributed by atoms with Crippen LogP contribution in [0.3, 0.4) is 0 Å². The highest BCUT2D eigenvalue weighted by Crippen LogP contribution is 2.03. The van der Waals surface area contributed by atoms with Gasteiger partial charge in [0.15, 0.2) is 0 Å². The van der Waals surface area contributed by atoms with E-state index in [0.717, 1.165) is 26.2 Å². The van der Waals surface area contributed by atoms with Crippen LogP contribution in [0, 0.1) is 0 Å². The zero-order chi connectivity index (χ0) is 9.68. The molecule has 1 aliphatic rings. The molecule has 0 saturated carbocycles. The van der Waals surface area contributed by atoms with E-state index < -0.39 is 0 Å². The number of aliphatic hydroxyl groups is 1. The molecule has 0 amide bonds. The molecule has 1 fully saturated rings. The van der Waals surface area contributed by atoms with Crippen molar-refractivity contribution in [3.05, 3.63) is 0 Å². The third-order valence-corrected chi connectivity index (χ3v) is 3.21. The lowest BCUT2D eigenvalue weighted by Gasteiger charge is -2.22. The lowest BCUT2D eigenvalue weighted by atomic mass is 10.3. The predicted molar refractivity (Wildman–Crippen MR) is 58.4 cm³/mol. The highest BCUT2D eigenvalue weighted by Gasteiger charge is 2.14. The van der Waals surface area contributed by atoms with Gasteiger partial charge in [-0.2, -0.15) is 0 Å². The smallest absolute Gasteiger partial charge is 0.0763 e. The quantitative estimate of drug-likeness (QED) is 0.735. The van der Waals surface area contributed by atoms with Crippen LogP contribution in [0.1, 0.15) is 6.42 Å². The minimum Gasteiger partial charge on any atom is -0.391 e. The minimum absolute atomic E-state index is 0.219. The van der Waals surface area contributed by atoms with Gasteiger partial charge in [0.2, 0.25) is 0 Å². The molecule has 1 rings (SSSR count). The Labute approximate surface area is 88.8 Å². The van der Waals surface area contributed by atoms with Crippen LogP contribution in [0.5, 0.6) is 0 Å². The topological polar surface area (TPSA) is 26.7 Å². The molecule has 0 aromatic heterocycles. The number of hydrogen-bond donors (Lipinski definition) is 1. The molecule has 1 saturated heterocycles. The fourth-order valence-corrected chi connectivity index (χ4v) is 1.83. The van der Waals surface area contributed by atoms with Gasteiger partial charge in [-0.25, -0.2) is 0 Å². The third-order valence-electron chi connectivity index (χ3n) is 2.46. The Bertz CT molecular complexity index is 146. The summed E-state index contributed by atoms with van der Waals surface area (Å²) in [5, 5.41) is 10.1. The highest BCUT2D eigenvalue weighted by molar-refractivity contribution is 9.09. The lowest BCUT2D eigenvalue weighted by molar-refractivity contribution is 0.133. The molecule has 4 heteroatoms. The van der Waals surface area contributed by atoms with Gasteiger partial charge in [0, 0.05) is 25.0 Å². The van der Waals surface area contributed by atoms with Crippen molar-refractivity contribution < 1.29 is 5.11 Å². The molecule has 0 bridgehead atoms. The Morgan fingerprint density at radius 2 is 2.08 bits per heavy atom. The van der Waals surface area contributed by atoms with Gasteiger partial charge in [0.05, 0.1) is 6.10 Å². The maximum atomic E-state index is 9.47. The van der Waals surface area contributed by atoms with Crippen LogP contribution in [0.15, 0.2) is 0 Å². The van der Waals surface area contributed by atoms with Gasteiger partial charge in [0.1, 0.15) is 0 Å². The average molecular weight is 251 g/mol. The van der Waals surface area contributed by atoms with Crippen LogP contribution in [-0.2, 0) is 0 Å². The van der Waals surface area contributed by atoms with E-state index in [-0.39, 0.29) is 6.10 Å². The Hall–Kier alpha value is 0.360. The average Bonchev–Trinajstić information content (AvgIpc) is 2.31. The number of halogens is 1. The van der Waals surface area contributed by atoms with Crippen LogP contribution < -0.4 is 0 Å². The summed E-state index contributed by atoms with van der Waals surface area (Å²) >= 11 is 3.29. The fraction of sp³-hybridized carbons (Fsp3) is 1.00. The first-order valence-corrected chi connectivity index (χ1v) is 5.99. The second-order valence-electron chi connectivity index (χ2n) is 3.77. The van der Waals surface area contributed by atoms with Crippen LogP contribution in [-0.4, -0.2) is 66.1 Å². The van der Waals surface area contributed by atoms with E-state index in [1.165, 1.54) is 13.0 Å². The Balaban J connectivity index is 2.25. The maximum Gasteiger partial charge on any atom is 0.0763 e. The first-order chi connectivity index (χ1) is 6.22. The molecule has 3 nitrogen and oxygen atoms in total. The van der Waals surface area contributed by atoms with Gasteiger partial charge in [-0.15, -0.1) is 0 Å². The summed E-state index contributed by atoms with van der Waals surface area (Å²) in [5.41, 5.74) is 0. The van der Waals surface area contributed by atoms with E-state index in [2.05, 4.69) is 32.8 Å². The number of alkyl halides is 1. The summed E-state index contributed by atoms with van der Waals surface area (Å²) in [5.74, 6) is 0. The number of hydrogen-bond acceptors (Lipinski definition) is 3. The summed E-state index contributed by atoms with van der Waals surface area (Å²) in [6.07, 6.45) is 0.995. The molecule has 0 aromatic carbocycles. The van der Waals surface area contributed by atoms with E-state index in [1.807, 2.05) is 0 Å². The second-order valence-corrected chi connectivity index (χ2v) is 4.41. The molecule has 1 unspecified atom stereocenters. The van der Waals surface area contributed by atoms with E-state index in [4.69, 9.17) is 0 Å². The number of nitrogens with zero attached hydrogens (tertiary/aromatic N) is 2. The van der Waals surface area contributed by atoms with Crippen molar-refractivity contribution in [2.75, 3.05) is 45.1 Å². The Morgan fingerprint density at radius 3 is 2.77 bits per heavy atom. The second kappa shape index (κ2) is 5.96. The molecule has 0 aromatic rings. The normalized spacial score (nSPS) is 24.2. The van der Waals surface area contributed by atoms with Crippen molar-refractivity contribution in [2.24, 2.45) is 0 Å². The van der Waals surface area contributed by atoms with E-state index >= 15 is 0 Å². The van der Waals surface area contributed by atoms with E-state index in [9.17, 15) is 5.11 Å². The highest BCUT2D eigenvalue weighted by atomic mass is 79.9. The van der Waals surface area contributed by atoms with Crippen LogP contribution in [0.25, 0.3) is 0 Å². The molecular formula is C9H19BrN2O. The van der Waals surface area contributed by atoms with Crippen molar-refractivity contribution >= 4 is 15.9 Å². The molecule has 78 valence electrons. The van der Waals surface area contributed by atoms with Crippen LogP contribution in [0.4, 0.5) is 0 Å². The van der Waals surface area contributed by atoms with Crippen molar-refractivity contribution in [1.29, 1.82) is 0 Å². The number of β-amino-alcohol motifs (C(OH)–C–C–N with tert-alkyl or cyclic N) is 1. The summed E-state index contributed by atoms with van der Waals surface area (Å²) < 4.78 is 0. The molecule has 1 N–H and O–H groups in total. The van der Waals surface area contributed by atoms with Gasteiger partial charge in [-0.3, -0.25) is 4.90 Å². The zero-order valence-electron chi connectivity index (χ0n) is 8.25. The van der Waals surface area contributed by atoms with Gasteiger partial charge in [0.25, 0.3) is 0 Å². The van der Waals surface area contributed by atoms with Crippen molar-refractivity contribution in [2.45, 2.75) is 12.5 Å². The Morgan fingerprint density at radius 1 is 1.31 bits per heavy atom. The zero-order valence-corrected chi connectivity index (χ0v) is 9.83. The van der Waals surface area contributed by atoms with Crippen molar-refractivity contribution in [3.63, 3.8) is 0 Å². The van der Waals surface area contributed by atoms with E-state index in [0.29, 0.717) is 5.33 Å². The van der Waals surface area contributed by atoms with Crippen molar-refractivity contribution in [1.82, 2.24) is 9.80 Å². The van der Waals surface area contributed by atoms with Crippen molar-refractivity contribution in [3.8, 4) is 0 Å². The molecule has 0 spiro atoms. The first kappa shape index (κ1) is 11.4. The number of aliphatic hydroxyl groups excluding tert-OH is 1. The maximum absolute atomic E-state index is 9.47. The third kappa shape index (κ3) is 4.40. The van der Waals surface area contributed by atoms with Gasteiger partial charge >= 0.3 is 0 Å². The van der Waals surface area contributed by atoms with Gasteiger partial charge < -0.3 is 10.0 Å². The van der Waals surface area contributed by atoms with Gasteiger partial charge in [-0.1, -0.05) is 15.9 Å². The Kier molecular flexibility index (Phi) is 5.24. The lowest BCUT2D eigenvalue weighted by Crippen LogP contribution is -2.35. The minimum atomic E-state index is -0.219. The largest absolute Gasteiger partial charge is 0.391 e. The molecular weight excluding hydrogens is 232 g/mol. The summed E-state index contributed by atoms with van der Waals surface area (Å²) in [6.45, 7) is 5.31. The van der Waals surface area contributed by atoms with Crippen LogP contribution in [0.2, 0.25) is 0 Å². The van der Waals surface area contributed by atoms with Gasteiger partial charge in [-0.05, 0) is 26.6 Å². The number of rotatable bonds is 3. The SMILES string of the molecule is CN1CCCN(CC(O)CBr)CC1. The van der Waals surface area contributed by atoms with Crippen LogP contribution >= 0.6 is 15.9 Å². The summed E-state index contributed by atoms with van der Waals surface area (Å²) in [6, 6.07) is 0. The fourth-order valence-electron chi connectivity index (χ4n) is 1.63. The molecule has 1 atom stereocenters. The standard InChI is InChI=1S/C9H19BrN2O/c1-11-3-2-4-12(6-5-11)8-9(13)7-10/h9,13H,2-8H2,1H3. The molecule has 0 radical (unpaired) electrons. The summed E-state index contributed by atoms with van der Waals surface area (Å²) in [7, 11) is 2.16. The molecule has 13 heavy (non-hydrogen) atoms. The monoisotopic (exact) mass is 250 g/mol. The molecule has 1 heterocycles. The number of likely N-dealkylation sites (N-methyl/N-ethyl adjacent to an activating group) is 1.